The highest BCUT2D eigenvalue weighted by molar-refractivity contribution is 5.95. The van der Waals surface area contributed by atoms with Crippen LogP contribution in [0.3, 0.4) is 0 Å². The first-order chi connectivity index (χ1) is 15.7. The first-order valence-electron chi connectivity index (χ1n) is 11.1. The van der Waals surface area contributed by atoms with Gasteiger partial charge in [-0.05, 0) is 40.8 Å². The molecule has 5 rings (SSSR count). The molecule has 0 aliphatic carbocycles. The molecule has 1 amide bonds. The number of ether oxygens (including phenoxy) is 2. The number of likely N-dealkylation sites (tertiary alicyclic amines) is 1. The van der Waals surface area contributed by atoms with Crippen LogP contribution in [-0.4, -0.2) is 66.6 Å². The molecule has 2 aromatic carbocycles. The molecule has 3 heterocycles. The fourth-order valence-corrected chi connectivity index (χ4v) is 4.45. The second-order valence-electron chi connectivity index (χ2n) is 8.28. The van der Waals surface area contributed by atoms with E-state index in [1.807, 2.05) is 18.3 Å². The molecule has 2 aliphatic rings. The highest BCUT2D eigenvalue weighted by Crippen LogP contribution is 2.31. The summed E-state index contributed by atoms with van der Waals surface area (Å²) in [6.07, 6.45) is 2.53. The van der Waals surface area contributed by atoms with E-state index in [0.717, 1.165) is 67.2 Å². The monoisotopic (exact) mass is 433 g/mol. The number of benzene rings is 2. The Morgan fingerprint density at radius 3 is 2.41 bits per heavy atom. The third-order valence-electron chi connectivity index (χ3n) is 6.26. The number of hydrogen-bond acceptors (Lipinski definition) is 5. The van der Waals surface area contributed by atoms with E-state index >= 15 is 0 Å². The van der Waals surface area contributed by atoms with Crippen molar-refractivity contribution in [2.24, 2.45) is 0 Å². The summed E-state index contributed by atoms with van der Waals surface area (Å²) in [7, 11) is 0. The minimum atomic E-state index is -0.851. The van der Waals surface area contributed by atoms with Gasteiger partial charge in [-0.2, -0.15) is 0 Å². The standard InChI is InChI=1S/C25H27N3O4/c29-25(30)28-11-8-22(9-12-28)32-21-4-1-18(2-5-21)19-3-6-23-20(17-19)7-10-26-24(23)27-13-15-31-16-14-27/h1-7,10,17,22H,8-9,11-16H2,(H,29,30). The zero-order chi connectivity index (χ0) is 21.9. The van der Waals surface area contributed by atoms with E-state index < -0.39 is 6.09 Å². The van der Waals surface area contributed by atoms with Gasteiger partial charge in [-0.15, -0.1) is 0 Å². The number of piperidine rings is 1. The second-order valence-corrected chi connectivity index (χ2v) is 8.28. The number of pyridine rings is 1. The molecule has 0 spiro atoms. The fraction of sp³-hybridized carbons (Fsp3) is 0.360. The SMILES string of the molecule is O=C(O)N1CCC(Oc2ccc(-c3ccc4c(N5CCOCC5)nccc4c3)cc2)CC1. The highest BCUT2D eigenvalue weighted by atomic mass is 16.5. The molecule has 2 aliphatic heterocycles. The minimum absolute atomic E-state index is 0.0585. The average Bonchev–Trinajstić information content (AvgIpc) is 2.85. The predicted molar refractivity (Wildman–Crippen MR) is 123 cm³/mol. The van der Waals surface area contributed by atoms with Crippen molar-refractivity contribution in [1.82, 2.24) is 9.88 Å². The van der Waals surface area contributed by atoms with Crippen LogP contribution in [0.5, 0.6) is 5.75 Å². The number of morpholine rings is 1. The zero-order valence-electron chi connectivity index (χ0n) is 17.9. The number of carbonyl (C=O) groups is 1. The summed E-state index contributed by atoms with van der Waals surface area (Å²) in [5.74, 6) is 1.84. The molecule has 0 radical (unpaired) electrons. The molecular formula is C25H27N3O4. The van der Waals surface area contributed by atoms with Crippen LogP contribution in [0.15, 0.2) is 54.7 Å². The first kappa shape index (κ1) is 20.6. The summed E-state index contributed by atoms with van der Waals surface area (Å²) >= 11 is 0. The Labute approximate surface area is 187 Å². The Morgan fingerprint density at radius 1 is 0.969 bits per heavy atom. The van der Waals surface area contributed by atoms with Gasteiger partial charge in [0.1, 0.15) is 17.7 Å². The minimum Gasteiger partial charge on any atom is -0.490 e. The lowest BCUT2D eigenvalue weighted by molar-refractivity contribution is 0.0895. The van der Waals surface area contributed by atoms with Gasteiger partial charge in [0.2, 0.25) is 0 Å². The maximum absolute atomic E-state index is 11.0. The van der Waals surface area contributed by atoms with Crippen molar-refractivity contribution in [3.05, 3.63) is 54.7 Å². The molecular weight excluding hydrogens is 406 g/mol. The lowest BCUT2D eigenvalue weighted by Gasteiger charge is -2.30. The van der Waals surface area contributed by atoms with Crippen LogP contribution in [0.4, 0.5) is 10.6 Å². The van der Waals surface area contributed by atoms with E-state index in [9.17, 15) is 4.79 Å². The Morgan fingerprint density at radius 2 is 1.69 bits per heavy atom. The van der Waals surface area contributed by atoms with Gasteiger partial charge in [-0.3, -0.25) is 0 Å². The smallest absolute Gasteiger partial charge is 0.407 e. The van der Waals surface area contributed by atoms with E-state index in [1.54, 1.807) is 0 Å². The number of rotatable bonds is 4. The third kappa shape index (κ3) is 4.34. The van der Waals surface area contributed by atoms with Crippen molar-refractivity contribution in [3.8, 4) is 16.9 Å². The molecule has 0 unspecified atom stereocenters. The largest absolute Gasteiger partial charge is 0.490 e. The summed E-state index contributed by atoms with van der Waals surface area (Å²) in [6, 6.07) is 16.7. The maximum atomic E-state index is 11.0. The lowest BCUT2D eigenvalue weighted by Crippen LogP contribution is -2.41. The first-order valence-corrected chi connectivity index (χ1v) is 11.1. The van der Waals surface area contributed by atoms with Crippen LogP contribution in [0.25, 0.3) is 21.9 Å². The van der Waals surface area contributed by atoms with E-state index in [1.165, 1.54) is 10.3 Å². The molecule has 0 saturated carbocycles. The van der Waals surface area contributed by atoms with Crippen LogP contribution < -0.4 is 9.64 Å². The maximum Gasteiger partial charge on any atom is 0.407 e. The summed E-state index contributed by atoms with van der Waals surface area (Å²) in [5.41, 5.74) is 2.28. The summed E-state index contributed by atoms with van der Waals surface area (Å²) in [5, 5.41) is 11.4. The third-order valence-corrected chi connectivity index (χ3v) is 6.26. The Kier molecular flexibility index (Phi) is 5.81. The van der Waals surface area contributed by atoms with Gasteiger partial charge in [0, 0.05) is 50.6 Å². The number of fused-ring (bicyclic) bond motifs is 1. The Hall–Kier alpha value is -3.32. The molecule has 3 aromatic rings. The molecule has 2 saturated heterocycles. The normalized spacial score (nSPS) is 17.5. The molecule has 0 atom stereocenters. The van der Waals surface area contributed by atoms with Crippen LogP contribution in [0.1, 0.15) is 12.8 Å². The quantitative estimate of drug-likeness (QED) is 0.663. The fourth-order valence-electron chi connectivity index (χ4n) is 4.45. The highest BCUT2D eigenvalue weighted by Gasteiger charge is 2.23. The van der Waals surface area contributed by atoms with Crippen molar-refractivity contribution in [3.63, 3.8) is 0 Å². The van der Waals surface area contributed by atoms with Crippen LogP contribution in [0.2, 0.25) is 0 Å². The Bertz CT molecular complexity index is 1090. The lowest BCUT2D eigenvalue weighted by atomic mass is 10.0. The van der Waals surface area contributed by atoms with Crippen molar-refractivity contribution in [1.29, 1.82) is 0 Å². The van der Waals surface area contributed by atoms with Gasteiger partial charge >= 0.3 is 6.09 Å². The van der Waals surface area contributed by atoms with Gasteiger partial charge in [0.15, 0.2) is 0 Å². The molecule has 1 N–H and O–H groups in total. The number of aromatic nitrogens is 1. The number of anilines is 1. The summed E-state index contributed by atoms with van der Waals surface area (Å²) in [6.45, 7) is 4.26. The van der Waals surface area contributed by atoms with Gasteiger partial charge < -0.3 is 24.4 Å². The average molecular weight is 434 g/mol. The number of carboxylic acid groups (broad SMARTS) is 1. The Balaban J connectivity index is 1.29. The topological polar surface area (TPSA) is 75.1 Å². The molecule has 7 heteroatoms. The zero-order valence-corrected chi connectivity index (χ0v) is 17.9. The van der Waals surface area contributed by atoms with Crippen LogP contribution in [0, 0.1) is 0 Å². The molecule has 7 nitrogen and oxygen atoms in total. The predicted octanol–water partition coefficient (Wildman–Crippen LogP) is 4.26. The second kappa shape index (κ2) is 9.04. The van der Waals surface area contributed by atoms with Gasteiger partial charge in [0.05, 0.1) is 13.2 Å². The van der Waals surface area contributed by atoms with Gasteiger partial charge in [-0.1, -0.05) is 24.3 Å². The number of nitrogens with zero attached hydrogens (tertiary/aromatic N) is 3. The summed E-state index contributed by atoms with van der Waals surface area (Å²) in [4.78, 5) is 19.4. The van der Waals surface area contributed by atoms with Crippen molar-refractivity contribution in [2.45, 2.75) is 18.9 Å². The van der Waals surface area contributed by atoms with E-state index in [4.69, 9.17) is 14.6 Å². The van der Waals surface area contributed by atoms with E-state index in [2.05, 4.69) is 46.3 Å². The van der Waals surface area contributed by atoms with E-state index in [-0.39, 0.29) is 6.10 Å². The van der Waals surface area contributed by atoms with Gasteiger partial charge in [0.25, 0.3) is 0 Å². The van der Waals surface area contributed by atoms with E-state index in [0.29, 0.717) is 13.1 Å². The molecule has 1 aromatic heterocycles. The van der Waals surface area contributed by atoms with Crippen molar-refractivity contribution >= 4 is 22.7 Å². The molecule has 166 valence electrons. The van der Waals surface area contributed by atoms with Crippen molar-refractivity contribution < 1.29 is 19.4 Å². The van der Waals surface area contributed by atoms with Crippen LogP contribution >= 0.6 is 0 Å². The van der Waals surface area contributed by atoms with Crippen molar-refractivity contribution in [2.75, 3.05) is 44.3 Å². The molecule has 32 heavy (non-hydrogen) atoms. The summed E-state index contributed by atoms with van der Waals surface area (Å²) < 4.78 is 11.6. The molecule has 2 fully saturated rings. The molecule has 0 bridgehead atoms. The van der Waals surface area contributed by atoms with Crippen LogP contribution in [-0.2, 0) is 4.74 Å². The number of hydrogen-bond donors (Lipinski definition) is 1. The number of amides is 1. The van der Waals surface area contributed by atoms with Gasteiger partial charge in [-0.25, -0.2) is 9.78 Å².